The zero-order valence-electron chi connectivity index (χ0n) is 11.2. The van der Waals surface area contributed by atoms with Gasteiger partial charge in [0.05, 0.1) is 5.71 Å². The predicted octanol–water partition coefficient (Wildman–Crippen LogP) is 1.74. The Labute approximate surface area is 109 Å². The van der Waals surface area contributed by atoms with Crippen molar-refractivity contribution in [2.45, 2.75) is 38.8 Å². The first-order valence-electron chi connectivity index (χ1n) is 7.28. The third kappa shape index (κ3) is 2.31. The second-order valence-electron chi connectivity index (χ2n) is 5.45. The fraction of sp³-hybridized carbons (Fsp3) is 0.786. The minimum atomic E-state index is 0.0273. The van der Waals surface area contributed by atoms with Crippen molar-refractivity contribution in [1.82, 2.24) is 10.2 Å². The summed E-state index contributed by atoms with van der Waals surface area (Å²) in [7, 11) is 0. The number of piperidine rings is 1. The van der Waals surface area contributed by atoms with Crippen LogP contribution in [0.15, 0.2) is 16.8 Å². The number of fused-ring (bicyclic) bond motifs is 1. The van der Waals surface area contributed by atoms with Crippen LogP contribution in [-0.2, 0) is 4.84 Å². The molecule has 3 heterocycles. The molecular weight excluding hydrogens is 226 g/mol. The van der Waals surface area contributed by atoms with Crippen LogP contribution in [-0.4, -0.2) is 43.0 Å². The molecule has 2 atom stereocenters. The van der Waals surface area contributed by atoms with Gasteiger partial charge in [-0.15, -0.1) is 0 Å². The predicted molar refractivity (Wildman–Crippen MR) is 72.5 cm³/mol. The first kappa shape index (κ1) is 12.2. The van der Waals surface area contributed by atoms with E-state index in [0.29, 0.717) is 5.92 Å². The Kier molecular flexibility index (Phi) is 3.66. The van der Waals surface area contributed by atoms with Crippen molar-refractivity contribution in [3.05, 3.63) is 11.6 Å². The number of likely N-dealkylation sites (tertiary alicyclic amines) is 1. The summed E-state index contributed by atoms with van der Waals surface area (Å²) in [6, 6.07) is 0. The number of oxime groups is 1. The zero-order valence-corrected chi connectivity index (χ0v) is 11.2. The number of rotatable bonds is 2. The molecule has 0 radical (unpaired) electrons. The number of nitrogens with zero attached hydrogens (tertiary/aromatic N) is 2. The Balaban J connectivity index is 1.73. The van der Waals surface area contributed by atoms with Gasteiger partial charge in [-0.1, -0.05) is 18.2 Å². The minimum Gasteiger partial charge on any atom is -0.371 e. The molecular formula is C14H23N3O. The number of nitrogens with one attached hydrogen (secondary N) is 1. The monoisotopic (exact) mass is 249 g/mol. The van der Waals surface area contributed by atoms with Crippen LogP contribution < -0.4 is 5.32 Å². The van der Waals surface area contributed by atoms with E-state index >= 15 is 0 Å². The van der Waals surface area contributed by atoms with E-state index in [1.54, 1.807) is 0 Å². The molecule has 18 heavy (non-hydrogen) atoms. The van der Waals surface area contributed by atoms with E-state index in [1.165, 1.54) is 37.1 Å². The molecule has 4 nitrogen and oxygen atoms in total. The van der Waals surface area contributed by atoms with Gasteiger partial charge in [-0.05, 0) is 45.3 Å². The molecule has 4 heteroatoms. The molecule has 0 bridgehead atoms. The van der Waals surface area contributed by atoms with Crippen molar-refractivity contribution in [2.24, 2.45) is 11.1 Å². The van der Waals surface area contributed by atoms with Crippen LogP contribution in [0, 0.1) is 5.92 Å². The van der Waals surface area contributed by atoms with Gasteiger partial charge < -0.3 is 9.74 Å². The molecule has 0 spiro atoms. The van der Waals surface area contributed by atoms with Crippen LogP contribution in [0.25, 0.3) is 0 Å². The molecule has 0 amide bonds. The highest BCUT2D eigenvalue weighted by Gasteiger charge is 2.34. The highest BCUT2D eigenvalue weighted by Crippen LogP contribution is 2.28. The lowest BCUT2D eigenvalue weighted by Crippen LogP contribution is -2.40. The summed E-state index contributed by atoms with van der Waals surface area (Å²) in [4.78, 5) is 8.08. The molecule has 1 N–H and O–H groups in total. The molecule has 0 saturated carbocycles. The van der Waals surface area contributed by atoms with Crippen LogP contribution >= 0.6 is 0 Å². The van der Waals surface area contributed by atoms with Crippen LogP contribution in [0.1, 0.15) is 32.6 Å². The number of hydrogen-bond acceptors (Lipinski definition) is 4. The van der Waals surface area contributed by atoms with Crippen LogP contribution in [0.3, 0.4) is 0 Å². The molecule has 100 valence electrons. The lowest BCUT2D eigenvalue weighted by molar-refractivity contribution is 0.0804. The quantitative estimate of drug-likeness (QED) is 0.810. The normalized spacial score (nSPS) is 33.2. The van der Waals surface area contributed by atoms with Crippen LogP contribution in [0.2, 0.25) is 0 Å². The Hall–Kier alpha value is -0.870. The highest BCUT2D eigenvalue weighted by atomic mass is 16.7. The maximum absolute atomic E-state index is 5.56. The van der Waals surface area contributed by atoms with E-state index in [-0.39, 0.29) is 6.23 Å². The second kappa shape index (κ2) is 5.41. The smallest absolute Gasteiger partial charge is 0.206 e. The summed E-state index contributed by atoms with van der Waals surface area (Å²) in [5, 5.41) is 7.79. The van der Waals surface area contributed by atoms with Gasteiger partial charge in [0.1, 0.15) is 0 Å². The van der Waals surface area contributed by atoms with Crippen molar-refractivity contribution in [1.29, 1.82) is 0 Å². The minimum absolute atomic E-state index is 0.0273. The third-order valence-electron chi connectivity index (χ3n) is 4.25. The van der Waals surface area contributed by atoms with E-state index in [4.69, 9.17) is 4.84 Å². The van der Waals surface area contributed by atoms with Gasteiger partial charge in [0.25, 0.3) is 0 Å². The Bertz CT molecular complexity index is 364. The fourth-order valence-corrected chi connectivity index (χ4v) is 3.18. The SMILES string of the molecule is CCN1CCC[C@H](C2=NO[C@@H]3NCCCC=C23)C1. The summed E-state index contributed by atoms with van der Waals surface area (Å²) < 4.78 is 0. The molecule has 0 aromatic rings. The number of allylic oxidation sites excluding steroid dienone is 1. The van der Waals surface area contributed by atoms with Crippen molar-refractivity contribution in [3.63, 3.8) is 0 Å². The Morgan fingerprint density at radius 1 is 1.50 bits per heavy atom. The maximum atomic E-state index is 5.56. The summed E-state index contributed by atoms with van der Waals surface area (Å²) in [5.41, 5.74) is 2.53. The first-order chi connectivity index (χ1) is 8.88. The Morgan fingerprint density at radius 2 is 2.44 bits per heavy atom. The van der Waals surface area contributed by atoms with E-state index in [0.717, 1.165) is 26.1 Å². The molecule has 1 fully saturated rings. The summed E-state index contributed by atoms with van der Waals surface area (Å²) in [6.07, 6.45) is 7.24. The topological polar surface area (TPSA) is 36.9 Å². The molecule has 0 aromatic heterocycles. The van der Waals surface area contributed by atoms with Gasteiger partial charge in [-0.2, -0.15) is 0 Å². The molecule has 0 aliphatic carbocycles. The average Bonchev–Trinajstić information content (AvgIpc) is 2.68. The van der Waals surface area contributed by atoms with Crippen molar-refractivity contribution in [3.8, 4) is 0 Å². The summed E-state index contributed by atoms with van der Waals surface area (Å²) in [5.74, 6) is 0.565. The molecule has 3 aliphatic heterocycles. The van der Waals surface area contributed by atoms with Crippen molar-refractivity contribution >= 4 is 5.71 Å². The lowest BCUT2D eigenvalue weighted by atomic mass is 9.88. The molecule has 0 unspecified atom stereocenters. The number of hydrogen-bond donors (Lipinski definition) is 1. The van der Waals surface area contributed by atoms with E-state index in [9.17, 15) is 0 Å². The fourth-order valence-electron chi connectivity index (χ4n) is 3.18. The van der Waals surface area contributed by atoms with Gasteiger partial charge in [0, 0.05) is 18.0 Å². The summed E-state index contributed by atoms with van der Waals surface area (Å²) >= 11 is 0. The van der Waals surface area contributed by atoms with E-state index in [1.807, 2.05) is 0 Å². The van der Waals surface area contributed by atoms with E-state index in [2.05, 4.69) is 28.4 Å². The Morgan fingerprint density at radius 3 is 3.33 bits per heavy atom. The van der Waals surface area contributed by atoms with Gasteiger partial charge >= 0.3 is 0 Å². The van der Waals surface area contributed by atoms with Crippen molar-refractivity contribution < 1.29 is 4.84 Å². The largest absolute Gasteiger partial charge is 0.371 e. The highest BCUT2D eigenvalue weighted by molar-refractivity contribution is 6.03. The van der Waals surface area contributed by atoms with E-state index < -0.39 is 0 Å². The lowest BCUT2D eigenvalue weighted by Gasteiger charge is -2.31. The molecule has 3 rings (SSSR count). The van der Waals surface area contributed by atoms with Gasteiger partial charge in [-0.25, -0.2) is 0 Å². The molecule has 0 aromatic carbocycles. The van der Waals surface area contributed by atoms with Gasteiger partial charge in [0.15, 0.2) is 0 Å². The molecule has 1 saturated heterocycles. The molecule has 3 aliphatic rings. The second-order valence-corrected chi connectivity index (χ2v) is 5.45. The summed E-state index contributed by atoms with van der Waals surface area (Å²) in [6.45, 7) is 6.79. The van der Waals surface area contributed by atoms with Crippen LogP contribution in [0.4, 0.5) is 0 Å². The standard InChI is InChI=1S/C14H23N3O/c1-2-17-9-5-6-11(10-17)13-12-7-3-4-8-15-14(12)18-16-13/h7,11,14-15H,2-6,8-10H2,1H3/t11-,14-/m0/s1. The average molecular weight is 249 g/mol. The van der Waals surface area contributed by atoms with Gasteiger partial charge in [0.2, 0.25) is 6.23 Å². The van der Waals surface area contributed by atoms with Gasteiger partial charge in [-0.3, -0.25) is 5.32 Å². The zero-order chi connectivity index (χ0) is 12.4. The third-order valence-corrected chi connectivity index (χ3v) is 4.25. The maximum Gasteiger partial charge on any atom is 0.206 e. The van der Waals surface area contributed by atoms with Crippen molar-refractivity contribution in [2.75, 3.05) is 26.2 Å². The van der Waals surface area contributed by atoms with Crippen LogP contribution in [0.5, 0.6) is 0 Å². The first-order valence-corrected chi connectivity index (χ1v) is 7.28.